The maximum absolute atomic E-state index is 5.79. The Morgan fingerprint density at radius 3 is 3.12 bits per heavy atom. The third-order valence-electron chi connectivity index (χ3n) is 2.97. The van der Waals surface area contributed by atoms with E-state index >= 15 is 0 Å². The second-order valence-electron chi connectivity index (χ2n) is 4.87. The van der Waals surface area contributed by atoms with Gasteiger partial charge in [0.15, 0.2) is 0 Å². The summed E-state index contributed by atoms with van der Waals surface area (Å²) < 4.78 is 11.1. The Morgan fingerprint density at radius 2 is 2.41 bits per heavy atom. The second-order valence-corrected chi connectivity index (χ2v) is 4.87. The van der Waals surface area contributed by atoms with Crippen LogP contribution in [-0.2, 0) is 11.2 Å². The van der Waals surface area contributed by atoms with Gasteiger partial charge in [-0.3, -0.25) is 0 Å². The monoisotopic (exact) mass is 235 g/mol. The Kier molecular flexibility index (Phi) is 4.40. The maximum Gasteiger partial charge on any atom is 0.119 e. The van der Waals surface area contributed by atoms with Gasteiger partial charge in [-0.05, 0) is 37.5 Å². The van der Waals surface area contributed by atoms with E-state index < -0.39 is 0 Å². The van der Waals surface area contributed by atoms with Crippen molar-refractivity contribution in [2.75, 3.05) is 19.8 Å². The lowest BCUT2D eigenvalue weighted by atomic mass is 10.1. The molecule has 94 valence electrons. The zero-order valence-corrected chi connectivity index (χ0v) is 10.4. The van der Waals surface area contributed by atoms with Crippen molar-refractivity contribution in [2.24, 2.45) is 11.7 Å². The fourth-order valence-corrected chi connectivity index (χ4v) is 2.06. The van der Waals surface area contributed by atoms with Gasteiger partial charge in [-0.15, -0.1) is 0 Å². The largest absolute Gasteiger partial charge is 0.493 e. The van der Waals surface area contributed by atoms with Crippen LogP contribution < -0.4 is 10.5 Å². The van der Waals surface area contributed by atoms with Crippen molar-refractivity contribution >= 4 is 0 Å². The predicted molar refractivity (Wildman–Crippen MR) is 68.2 cm³/mol. The summed E-state index contributed by atoms with van der Waals surface area (Å²) in [6.45, 7) is 4.48. The first-order valence-electron chi connectivity index (χ1n) is 6.29. The Bertz CT molecular complexity index is 346. The van der Waals surface area contributed by atoms with Crippen molar-refractivity contribution < 1.29 is 9.47 Å². The second kappa shape index (κ2) is 6.03. The van der Waals surface area contributed by atoms with Crippen molar-refractivity contribution in [1.82, 2.24) is 0 Å². The van der Waals surface area contributed by atoms with E-state index in [1.165, 1.54) is 5.56 Å². The van der Waals surface area contributed by atoms with E-state index in [2.05, 4.69) is 12.1 Å². The number of hydrogen-bond donors (Lipinski definition) is 1. The standard InChI is InChI=1S/C14H21NO2/c1-11(15)7-12-3-2-4-14(8-12)17-10-13-5-6-16-9-13/h2-4,8,11,13H,5-7,9-10,15H2,1H3. The van der Waals surface area contributed by atoms with Crippen molar-refractivity contribution in [3.8, 4) is 5.75 Å². The van der Waals surface area contributed by atoms with Crippen LogP contribution in [0.1, 0.15) is 18.9 Å². The number of rotatable bonds is 5. The minimum Gasteiger partial charge on any atom is -0.493 e. The number of hydrogen-bond acceptors (Lipinski definition) is 3. The molecular weight excluding hydrogens is 214 g/mol. The van der Waals surface area contributed by atoms with E-state index in [1.54, 1.807) is 0 Å². The van der Waals surface area contributed by atoms with Crippen LogP contribution in [0.5, 0.6) is 5.75 Å². The maximum atomic E-state index is 5.79. The van der Waals surface area contributed by atoms with Crippen LogP contribution in [-0.4, -0.2) is 25.9 Å². The van der Waals surface area contributed by atoms with Crippen molar-refractivity contribution in [2.45, 2.75) is 25.8 Å². The molecule has 1 fully saturated rings. The molecule has 2 atom stereocenters. The predicted octanol–water partition coefficient (Wildman–Crippen LogP) is 1.99. The first-order valence-corrected chi connectivity index (χ1v) is 6.29. The molecule has 1 aliphatic heterocycles. The zero-order valence-electron chi connectivity index (χ0n) is 10.4. The van der Waals surface area contributed by atoms with E-state index in [0.29, 0.717) is 5.92 Å². The van der Waals surface area contributed by atoms with E-state index in [1.807, 2.05) is 19.1 Å². The number of nitrogens with two attached hydrogens (primary N) is 1. The highest BCUT2D eigenvalue weighted by molar-refractivity contribution is 5.29. The summed E-state index contributed by atoms with van der Waals surface area (Å²) in [6.07, 6.45) is 2.00. The number of benzene rings is 1. The molecule has 1 saturated heterocycles. The van der Waals surface area contributed by atoms with Crippen LogP contribution in [0.2, 0.25) is 0 Å². The molecular formula is C14H21NO2. The van der Waals surface area contributed by atoms with Gasteiger partial charge in [0, 0.05) is 18.6 Å². The Morgan fingerprint density at radius 1 is 1.53 bits per heavy atom. The minimum atomic E-state index is 0.188. The normalized spacial score (nSPS) is 21.4. The molecule has 1 aromatic rings. The molecule has 17 heavy (non-hydrogen) atoms. The fraction of sp³-hybridized carbons (Fsp3) is 0.571. The zero-order chi connectivity index (χ0) is 12.1. The number of ether oxygens (including phenoxy) is 2. The van der Waals surface area contributed by atoms with E-state index in [0.717, 1.165) is 38.4 Å². The lowest BCUT2D eigenvalue weighted by Gasteiger charge is -2.12. The lowest BCUT2D eigenvalue weighted by molar-refractivity contribution is 0.167. The Hall–Kier alpha value is -1.06. The van der Waals surface area contributed by atoms with Crippen LogP contribution in [0.25, 0.3) is 0 Å². The van der Waals surface area contributed by atoms with Gasteiger partial charge >= 0.3 is 0 Å². The minimum absolute atomic E-state index is 0.188. The summed E-state index contributed by atoms with van der Waals surface area (Å²) in [4.78, 5) is 0. The van der Waals surface area contributed by atoms with Crippen LogP contribution in [0.4, 0.5) is 0 Å². The van der Waals surface area contributed by atoms with Gasteiger partial charge in [-0.25, -0.2) is 0 Å². The smallest absolute Gasteiger partial charge is 0.119 e. The summed E-state index contributed by atoms with van der Waals surface area (Å²) in [5.41, 5.74) is 7.03. The third-order valence-corrected chi connectivity index (χ3v) is 2.97. The molecule has 1 aliphatic rings. The molecule has 0 amide bonds. The summed E-state index contributed by atoms with van der Waals surface area (Å²) in [5.74, 6) is 1.49. The van der Waals surface area contributed by atoms with Crippen LogP contribution in [0.15, 0.2) is 24.3 Å². The lowest BCUT2D eigenvalue weighted by Crippen LogP contribution is -2.17. The van der Waals surface area contributed by atoms with E-state index in [-0.39, 0.29) is 6.04 Å². The first-order chi connectivity index (χ1) is 8.24. The summed E-state index contributed by atoms with van der Waals surface area (Å²) in [6, 6.07) is 8.39. The topological polar surface area (TPSA) is 44.5 Å². The SMILES string of the molecule is CC(N)Cc1cccc(OCC2CCOC2)c1. The third kappa shape index (κ3) is 4.02. The fourth-order valence-electron chi connectivity index (χ4n) is 2.06. The van der Waals surface area contributed by atoms with Gasteiger partial charge in [0.25, 0.3) is 0 Å². The quantitative estimate of drug-likeness (QED) is 0.849. The molecule has 0 bridgehead atoms. The molecule has 0 radical (unpaired) electrons. The molecule has 2 unspecified atom stereocenters. The van der Waals surface area contributed by atoms with E-state index in [4.69, 9.17) is 15.2 Å². The van der Waals surface area contributed by atoms with Gasteiger partial charge in [0.2, 0.25) is 0 Å². The average Bonchev–Trinajstić information content (AvgIpc) is 2.79. The van der Waals surface area contributed by atoms with Crippen molar-refractivity contribution in [3.05, 3.63) is 29.8 Å². The van der Waals surface area contributed by atoms with Crippen LogP contribution in [0, 0.1) is 5.92 Å². The van der Waals surface area contributed by atoms with Crippen LogP contribution >= 0.6 is 0 Å². The molecule has 1 heterocycles. The molecule has 3 nitrogen and oxygen atoms in total. The molecule has 0 aromatic heterocycles. The molecule has 2 rings (SSSR count). The summed E-state index contributed by atoms with van der Waals surface area (Å²) in [5, 5.41) is 0. The highest BCUT2D eigenvalue weighted by atomic mass is 16.5. The molecule has 0 aliphatic carbocycles. The van der Waals surface area contributed by atoms with Crippen LogP contribution in [0.3, 0.4) is 0 Å². The molecule has 2 N–H and O–H groups in total. The highest BCUT2D eigenvalue weighted by Crippen LogP contribution is 2.18. The van der Waals surface area contributed by atoms with Gasteiger partial charge in [0.05, 0.1) is 13.2 Å². The summed E-state index contributed by atoms with van der Waals surface area (Å²) in [7, 11) is 0. The van der Waals surface area contributed by atoms with Gasteiger partial charge in [-0.2, -0.15) is 0 Å². The average molecular weight is 235 g/mol. The molecule has 0 saturated carbocycles. The molecule has 0 spiro atoms. The first kappa shape index (κ1) is 12.4. The Balaban J connectivity index is 1.86. The van der Waals surface area contributed by atoms with Gasteiger partial charge in [-0.1, -0.05) is 12.1 Å². The van der Waals surface area contributed by atoms with Gasteiger partial charge < -0.3 is 15.2 Å². The highest BCUT2D eigenvalue weighted by Gasteiger charge is 2.16. The summed E-state index contributed by atoms with van der Waals surface area (Å²) >= 11 is 0. The van der Waals surface area contributed by atoms with E-state index in [9.17, 15) is 0 Å². The van der Waals surface area contributed by atoms with Crippen molar-refractivity contribution in [1.29, 1.82) is 0 Å². The Labute approximate surface area is 103 Å². The van der Waals surface area contributed by atoms with Crippen molar-refractivity contribution in [3.63, 3.8) is 0 Å². The molecule has 1 aromatic carbocycles. The van der Waals surface area contributed by atoms with Gasteiger partial charge in [0.1, 0.15) is 5.75 Å². The molecule has 3 heteroatoms.